The largest absolute Gasteiger partial charge is 0.506 e. The third-order valence-corrected chi connectivity index (χ3v) is 4.09. The van der Waals surface area contributed by atoms with Crippen molar-refractivity contribution >= 4 is 46.0 Å². The Morgan fingerprint density at radius 3 is 2.39 bits per heavy atom. The molecule has 5 N–H and O–H groups in total. The van der Waals surface area contributed by atoms with Crippen LogP contribution in [-0.2, 0) is 19.1 Å². The summed E-state index contributed by atoms with van der Waals surface area (Å²) in [6.07, 6.45) is 0. The molecule has 0 aliphatic carbocycles. The molecule has 0 amide bonds. The molecule has 0 aliphatic heterocycles. The molecule has 0 atom stereocenters. The second kappa shape index (κ2) is 9.82. The van der Waals surface area contributed by atoms with Crippen molar-refractivity contribution in [1.29, 1.82) is 16.1 Å². The summed E-state index contributed by atoms with van der Waals surface area (Å²) in [5.41, 5.74) is 3.48. The molecule has 10 nitrogen and oxygen atoms in total. The number of rotatable bonds is 7. The van der Waals surface area contributed by atoms with Crippen molar-refractivity contribution in [2.45, 2.75) is 13.8 Å². The summed E-state index contributed by atoms with van der Waals surface area (Å²) in [5.74, 6) is -1.51. The summed E-state index contributed by atoms with van der Waals surface area (Å²) in [6.45, 7) is 2.88. The fourth-order valence-corrected chi connectivity index (χ4v) is 2.78. The number of nitrogens with two attached hydrogens (primary N) is 1. The number of nitrogens with one attached hydrogen (secondary N) is 2. The molecule has 0 aliphatic rings. The highest BCUT2D eigenvalue weighted by molar-refractivity contribution is 6.39. The van der Waals surface area contributed by atoms with Gasteiger partial charge in [-0.05, 0) is 25.8 Å². The normalized spacial score (nSPS) is 11.0. The third-order valence-electron chi connectivity index (χ3n) is 4.09. The molecule has 158 valence electrons. The highest BCUT2D eigenvalue weighted by atomic mass is 16.5. The quantitative estimate of drug-likeness (QED) is 0.227. The number of fused-ring (bicyclic) bond motifs is 1. The van der Waals surface area contributed by atoms with Crippen molar-refractivity contribution in [3.8, 4) is 6.07 Å². The van der Waals surface area contributed by atoms with Gasteiger partial charge in [-0.2, -0.15) is 5.26 Å². The Morgan fingerprint density at radius 2 is 1.81 bits per heavy atom. The summed E-state index contributed by atoms with van der Waals surface area (Å²) in [7, 11) is 0. The molecule has 0 saturated heterocycles. The van der Waals surface area contributed by atoms with Gasteiger partial charge in [-0.1, -0.05) is 18.2 Å². The van der Waals surface area contributed by atoms with Crippen molar-refractivity contribution < 1.29 is 24.2 Å². The van der Waals surface area contributed by atoms with Gasteiger partial charge in [-0.15, -0.1) is 0 Å². The van der Waals surface area contributed by atoms with Crippen molar-refractivity contribution in [2.75, 3.05) is 18.9 Å². The maximum atomic E-state index is 12.7. The van der Waals surface area contributed by atoms with E-state index < -0.39 is 34.6 Å². The van der Waals surface area contributed by atoms with Gasteiger partial charge in [0.2, 0.25) is 0 Å². The molecule has 0 saturated carbocycles. The van der Waals surface area contributed by atoms with Crippen LogP contribution < -0.4 is 5.73 Å². The maximum absolute atomic E-state index is 12.7. The lowest BCUT2D eigenvalue weighted by Crippen LogP contribution is -2.24. The monoisotopic (exact) mass is 421 g/mol. The first kappa shape index (κ1) is 22.8. The van der Waals surface area contributed by atoms with Gasteiger partial charge in [-0.25, -0.2) is 14.6 Å². The zero-order chi connectivity index (χ0) is 23.1. The number of carbonyl (C=O) groups is 2. The van der Waals surface area contributed by atoms with E-state index in [-0.39, 0.29) is 35.5 Å². The van der Waals surface area contributed by atoms with E-state index >= 15 is 0 Å². The fraction of sp³-hybridized carbons (Fsp3) is 0.190. The molecule has 2 aromatic rings. The summed E-state index contributed by atoms with van der Waals surface area (Å²) in [6, 6.07) is 8.24. The number of aliphatic hydroxyl groups is 1. The minimum Gasteiger partial charge on any atom is -0.506 e. The average Bonchev–Trinajstić information content (AvgIpc) is 2.73. The van der Waals surface area contributed by atoms with Crippen LogP contribution in [0.25, 0.3) is 16.7 Å². The Bertz CT molecular complexity index is 1200. The average molecular weight is 421 g/mol. The lowest BCUT2D eigenvalue weighted by Gasteiger charge is -2.15. The number of aliphatic hydroxyl groups excluding tert-OH is 1. The van der Waals surface area contributed by atoms with Gasteiger partial charge in [0.15, 0.2) is 0 Å². The molecule has 1 heterocycles. The smallest absolute Gasteiger partial charge is 0.349 e. The molecule has 2 rings (SSSR count). The van der Waals surface area contributed by atoms with E-state index in [4.69, 9.17) is 26.0 Å². The van der Waals surface area contributed by atoms with E-state index in [2.05, 4.69) is 4.98 Å². The van der Waals surface area contributed by atoms with E-state index in [0.29, 0.717) is 5.52 Å². The van der Waals surface area contributed by atoms with E-state index in [9.17, 15) is 20.0 Å². The number of carbonyl (C=O) groups excluding carboxylic acids is 2. The molecule has 0 unspecified atom stereocenters. The number of pyridine rings is 1. The first-order chi connectivity index (χ1) is 14.8. The Hall–Kier alpha value is -4.48. The molecular formula is C21H19N5O5. The highest BCUT2D eigenvalue weighted by Gasteiger charge is 2.31. The van der Waals surface area contributed by atoms with Gasteiger partial charge < -0.3 is 20.3 Å². The van der Waals surface area contributed by atoms with Crippen LogP contribution in [0.3, 0.4) is 0 Å². The number of benzene rings is 1. The van der Waals surface area contributed by atoms with E-state index in [1.807, 2.05) is 6.07 Å². The highest BCUT2D eigenvalue weighted by Crippen LogP contribution is 2.32. The topological polar surface area (TPSA) is 183 Å². The van der Waals surface area contributed by atoms with Gasteiger partial charge in [0.1, 0.15) is 34.4 Å². The number of nitrogen functional groups attached to an aromatic ring is 1. The van der Waals surface area contributed by atoms with Crippen LogP contribution in [0.4, 0.5) is 5.82 Å². The van der Waals surface area contributed by atoms with Crippen molar-refractivity contribution in [2.24, 2.45) is 0 Å². The first-order valence-electron chi connectivity index (χ1n) is 9.07. The molecular weight excluding hydrogens is 402 g/mol. The number of hydrogen-bond acceptors (Lipinski definition) is 10. The van der Waals surface area contributed by atoms with Crippen LogP contribution in [0.1, 0.15) is 25.0 Å². The first-order valence-corrected chi connectivity index (χ1v) is 9.07. The molecule has 10 heteroatoms. The van der Waals surface area contributed by atoms with Crippen LogP contribution in [0.2, 0.25) is 0 Å². The third kappa shape index (κ3) is 4.42. The number of anilines is 1. The lowest BCUT2D eigenvalue weighted by molar-refractivity contribution is -0.138. The SMILES string of the molecule is CCOC(=O)C(=C=N)C(=N)/C(C(=O)OCC)=C(/O)c1c(C#N)c(N)nc2ccccc12. The minimum absolute atomic E-state index is 0.0498. The van der Waals surface area contributed by atoms with E-state index in [1.165, 1.54) is 13.8 Å². The molecule has 0 spiro atoms. The Labute approximate surface area is 177 Å². The molecule has 31 heavy (non-hydrogen) atoms. The predicted molar refractivity (Wildman–Crippen MR) is 113 cm³/mol. The Kier molecular flexibility index (Phi) is 7.23. The number of hydrogen-bond donors (Lipinski definition) is 4. The van der Waals surface area contributed by atoms with E-state index in [0.717, 1.165) is 0 Å². The number of nitriles is 1. The standard InChI is InChI=1S/C21H19N5O5/c1-3-30-20(28)13(10-23)17(24)16(21(29)31-4-2)18(27)15-11-7-5-6-8-14(11)26-19(25)12(15)9-22/h5-8,23-24,27H,3-4H2,1-2H3,(H2,25,26)/b18-16-,24-17?. The molecule has 0 fully saturated rings. The lowest BCUT2D eigenvalue weighted by atomic mass is 9.94. The molecule has 0 bridgehead atoms. The van der Waals surface area contributed by atoms with Gasteiger partial charge >= 0.3 is 11.9 Å². The number of aromatic nitrogens is 1. The number of esters is 2. The fourth-order valence-electron chi connectivity index (χ4n) is 2.78. The maximum Gasteiger partial charge on any atom is 0.349 e. The van der Waals surface area contributed by atoms with Gasteiger partial charge in [0.05, 0.1) is 24.4 Å². The van der Waals surface area contributed by atoms with Crippen LogP contribution in [-0.4, -0.2) is 46.8 Å². The second-order valence-electron chi connectivity index (χ2n) is 5.92. The number of ether oxygens (including phenoxy) is 2. The molecule has 1 aromatic carbocycles. The van der Waals surface area contributed by atoms with Crippen LogP contribution in [0.5, 0.6) is 0 Å². The van der Waals surface area contributed by atoms with Crippen LogP contribution in [0, 0.1) is 22.1 Å². The Morgan fingerprint density at radius 1 is 1.19 bits per heavy atom. The van der Waals surface area contributed by atoms with Crippen molar-refractivity contribution in [3.05, 3.63) is 46.5 Å². The predicted octanol–water partition coefficient (Wildman–Crippen LogP) is 2.28. The summed E-state index contributed by atoms with van der Waals surface area (Å²) in [5, 5.41) is 36.6. The molecule has 1 aromatic heterocycles. The second-order valence-corrected chi connectivity index (χ2v) is 5.92. The number of para-hydroxylation sites is 1. The Balaban J connectivity index is 2.92. The summed E-state index contributed by atoms with van der Waals surface area (Å²) in [4.78, 5) is 28.9. The van der Waals surface area contributed by atoms with Gasteiger partial charge in [0.25, 0.3) is 0 Å². The summed E-state index contributed by atoms with van der Waals surface area (Å²) < 4.78 is 9.72. The van der Waals surface area contributed by atoms with Gasteiger partial charge in [-0.3, -0.25) is 10.8 Å². The van der Waals surface area contributed by atoms with Crippen LogP contribution >= 0.6 is 0 Å². The van der Waals surface area contributed by atoms with Crippen molar-refractivity contribution in [3.63, 3.8) is 0 Å². The zero-order valence-electron chi connectivity index (χ0n) is 16.8. The summed E-state index contributed by atoms with van der Waals surface area (Å²) >= 11 is 0. The molecule has 0 radical (unpaired) electrons. The van der Waals surface area contributed by atoms with E-state index in [1.54, 1.807) is 30.1 Å². The van der Waals surface area contributed by atoms with Gasteiger partial charge in [0, 0.05) is 10.9 Å². The number of nitrogens with zero attached hydrogens (tertiary/aromatic N) is 2. The zero-order valence-corrected chi connectivity index (χ0v) is 16.8. The van der Waals surface area contributed by atoms with Crippen LogP contribution in [0.15, 0.2) is 35.4 Å². The minimum atomic E-state index is -1.15. The van der Waals surface area contributed by atoms with Crippen molar-refractivity contribution in [1.82, 2.24) is 4.98 Å².